The number of nitrogens with zero attached hydrogens (tertiary/aromatic N) is 2. The van der Waals surface area contributed by atoms with E-state index in [9.17, 15) is 9.90 Å². The molecule has 0 radical (unpaired) electrons. The number of benzene rings is 1. The zero-order valence-corrected chi connectivity index (χ0v) is 15.2. The first-order chi connectivity index (χ1) is 12.5. The van der Waals surface area contributed by atoms with Gasteiger partial charge in [0.25, 0.3) is 5.56 Å². The highest BCUT2D eigenvalue weighted by molar-refractivity contribution is 6.31. The summed E-state index contributed by atoms with van der Waals surface area (Å²) < 4.78 is 5.26. The first-order valence-corrected chi connectivity index (χ1v) is 9.00. The number of fused-ring (bicyclic) bond motifs is 1. The van der Waals surface area contributed by atoms with Crippen molar-refractivity contribution in [2.24, 2.45) is 5.92 Å². The summed E-state index contributed by atoms with van der Waals surface area (Å²) in [6.45, 7) is 3.62. The largest absolute Gasteiger partial charge is 0.391 e. The van der Waals surface area contributed by atoms with Gasteiger partial charge < -0.3 is 14.6 Å². The van der Waals surface area contributed by atoms with Crippen molar-refractivity contribution in [1.29, 1.82) is 0 Å². The highest BCUT2D eigenvalue weighted by atomic mass is 35.5. The summed E-state index contributed by atoms with van der Waals surface area (Å²) >= 11 is 5.98. The maximum atomic E-state index is 12.4. The molecule has 4 rings (SSSR count). The predicted octanol–water partition coefficient (Wildman–Crippen LogP) is 2.51. The molecule has 2 atom stereocenters. The van der Waals surface area contributed by atoms with Crippen LogP contribution >= 0.6 is 11.6 Å². The number of hydrogen-bond donors (Lipinski definition) is 2. The number of H-pyrrole nitrogens is 1. The van der Waals surface area contributed by atoms with Crippen molar-refractivity contribution in [1.82, 2.24) is 15.0 Å². The lowest BCUT2D eigenvalue weighted by Gasteiger charge is -2.15. The molecule has 26 heavy (non-hydrogen) atoms. The van der Waals surface area contributed by atoms with Gasteiger partial charge in [0.2, 0.25) is 0 Å². The molecule has 136 valence electrons. The lowest BCUT2D eigenvalue weighted by atomic mass is 10.0. The molecule has 7 heteroatoms. The molecular weight excluding hydrogens is 354 g/mol. The van der Waals surface area contributed by atoms with Crippen LogP contribution < -0.4 is 5.56 Å². The Bertz CT molecular complexity index is 997. The van der Waals surface area contributed by atoms with Crippen LogP contribution in [-0.2, 0) is 13.0 Å². The number of β-amino-alcohol motifs (C(OH)–C–C–N with tert-alkyl or cyclic N) is 1. The Morgan fingerprint density at radius 2 is 2.19 bits per heavy atom. The molecule has 0 spiro atoms. The average molecular weight is 374 g/mol. The SMILES string of the molecule is Cc1cc(C[C@@H]2CN(Cc3cc4ccc(Cl)cc4[nH]c3=O)C[C@@H]2O)on1. The van der Waals surface area contributed by atoms with Crippen molar-refractivity contribution < 1.29 is 9.63 Å². The number of pyridine rings is 1. The summed E-state index contributed by atoms with van der Waals surface area (Å²) in [5.41, 5.74) is 2.13. The van der Waals surface area contributed by atoms with Gasteiger partial charge in [-0.2, -0.15) is 0 Å². The zero-order chi connectivity index (χ0) is 18.3. The topological polar surface area (TPSA) is 82.4 Å². The quantitative estimate of drug-likeness (QED) is 0.734. The van der Waals surface area contributed by atoms with Crippen LogP contribution in [0.25, 0.3) is 10.9 Å². The number of rotatable bonds is 4. The van der Waals surface area contributed by atoms with Crippen LogP contribution in [0.5, 0.6) is 0 Å². The van der Waals surface area contributed by atoms with Crippen molar-refractivity contribution in [2.75, 3.05) is 13.1 Å². The minimum absolute atomic E-state index is 0.0701. The van der Waals surface area contributed by atoms with Crippen LogP contribution in [0.3, 0.4) is 0 Å². The lowest BCUT2D eigenvalue weighted by Crippen LogP contribution is -2.25. The van der Waals surface area contributed by atoms with Crippen molar-refractivity contribution in [3.8, 4) is 0 Å². The molecule has 3 heterocycles. The van der Waals surface area contributed by atoms with E-state index in [1.807, 2.05) is 25.1 Å². The van der Waals surface area contributed by atoms with E-state index in [1.165, 1.54) is 0 Å². The lowest BCUT2D eigenvalue weighted by molar-refractivity contribution is 0.137. The number of likely N-dealkylation sites (tertiary alicyclic amines) is 1. The summed E-state index contributed by atoms with van der Waals surface area (Å²) in [5, 5.41) is 15.8. The van der Waals surface area contributed by atoms with E-state index in [0.29, 0.717) is 36.6 Å². The van der Waals surface area contributed by atoms with Gasteiger partial charge in [-0.25, -0.2) is 0 Å². The summed E-state index contributed by atoms with van der Waals surface area (Å²) in [5.74, 6) is 0.856. The van der Waals surface area contributed by atoms with Gasteiger partial charge in [-0.15, -0.1) is 0 Å². The smallest absolute Gasteiger partial charge is 0.252 e. The predicted molar refractivity (Wildman–Crippen MR) is 99.3 cm³/mol. The summed E-state index contributed by atoms with van der Waals surface area (Å²) in [4.78, 5) is 17.4. The number of nitrogens with one attached hydrogen (secondary N) is 1. The third-order valence-corrected chi connectivity index (χ3v) is 5.14. The second-order valence-electron chi connectivity index (χ2n) is 7.02. The molecule has 1 aliphatic heterocycles. The molecule has 0 amide bonds. The fraction of sp³-hybridized carbons (Fsp3) is 0.368. The molecule has 0 aliphatic carbocycles. The number of aryl methyl sites for hydroxylation is 1. The monoisotopic (exact) mass is 373 g/mol. The summed E-state index contributed by atoms with van der Waals surface area (Å²) in [7, 11) is 0. The molecule has 2 aromatic heterocycles. The molecule has 1 saturated heterocycles. The van der Waals surface area contributed by atoms with Crippen LogP contribution in [0.4, 0.5) is 0 Å². The van der Waals surface area contributed by atoms with E-state index in [2.05, 4.69) is 15.0 Å². The van der Waals surface area contributed by atoms with Crippen LogP contribution in [0.15, 0.2) is 39.6 Å². The Kier molecular flexibility index (Phi) is 4.56. The van der Waals surface area contributed by atoms with Gasteiger partial charge >= 0.3 is 0 Å². The number of halogens is 1. The van der Waals surface area contributed by atoms with E-state index in [0.717, 1.165) is 22.4 Å². The van der Waals surface area contributed by atoms with Crippen LogP contribution in [-0.4, -0.2) is 39.3 Å². The second kappa shape index (κ2) is 6.87. The Balaban J connectivity index is 1.49. The van der Waals surface area contributed by atoms with Gasteiger partial charge in [-0.1, -0.05) is 22.8 Å². The maximum Gasteiger partial charge on any atom is 0.252 e. The first kappa shape index (κ1) is 17.3. The number of aromatic amines is 1. The molecule has 0 saturated carbocycles. The summed E-state index contributed by atoms with van der Waals surface area (Å²) in [6, 6.07) is 9.24. The highest BCUT2D eigenvalue weighted by Crippen LogP contribution is 2.24. The third-order valence-electron chi connectivity index (χ3n) is 4.90. The summed E-state index contributed by atoms with van der Waals surface area (Å²) in [6.07, 6.45) is 0.198. The van der Waals surface area contributed by atoms with Crippen molar-refractivity contribution in [3.63, 3.8) is 0 Å². The third kappa shape index (κ3) is 3.53. The molecule has 1 aromatic carbocycles. The van der Waals surface area contributed by atoms with Crippen LogP contribution in [0, 0.1) is 12.8 Å². The molecule has 1 fully saturated rings. The van der Waals surface area contributed by atoms with Gasteiger partial charge in [0.15, 0.2) is 0 Å². The van der Waals surface area contributed by atoms with Gasteiger partial charge in [0.1, 0.15) is 5.76 Å². The van der Waals surface area contributed by atoms with Gasteiger partial charge in [-0.3, -0.25) is 9.69 Å². The molecule has 0 unspecified atom stereocenters. The van der Waals surface area contributed by atoms with Crippen molar-refractivity contribution >= 4 is 22.5 Å². The van der Waals surface area contributed by atoms with E-state index in [-0.39, 0.29) is 11.5 Å². The van der Waals surface area contributed by atoms with Gasteiger partial charge in [-0.05, 0) is 30.5 Å². The number of aromatic nitrogens is 2. The van der Waals surface area contributed by atoms with Gasteiger partial charge in [0.05, 0.1) is 11.8 Å². The maximum absolute atomic E-state index is 12.4. The fourth-order valence-electron chi connectivity index (χ4n) is 3.62. The standard InChI is InChI=1S/C19H20ClN3O3/c1-11-4-16(26-22-11)6-13-8-23(10-18(13)24)9-14-5-12-2-3-15(20)7-17(12)21-19(14)25/h2-5,7,13,18,24H,6,8-10H2,1H3,(H,21,25)/t13-,18+/m1/s1. The Morgan fingerprint density at radius 1 is 1.35 bits per heavy atom. The van der Waals surface area contributed by atoms with Crippen LogP contribution in [0.1, 0.15) is 17.0 Å². The molecule has 6 nitrogen and oxygen atoms in total. The normalized spacial score (nSPS) is 20.9. The van der Waals surface area contributed by atoms with Crippen molar-refractivity contribution in [3.05, 3.63) is 62.7 Å². The molecule has 1 aliphatic rings. The molecule has 3 aromatic rings. The van der Waals surface area contributed by atoms with E-state index >= 15 is 0 Å². The van der Waals surface area contributed by atoms with E-state index in [4.69, 9.17) is 16.1 Å². The van der Waals surface area contributed by atoms with Crippen LogP contribution in [0.2, 0.25) is 5.02 Å². The van der Waals surface area contributed by atoms with E-state index < -0.39 is 6.10 Å². The molecule has 2 N–H and O–H groups in total. The minimum atomic E-state index is -0.446. The number of aliphatic hydroxyl groups is 1. The number of hydrogen-bond acceptors (Lipinski definition) is 5. The minimum Gasteiger partial charge on any atom is -0.391 e. The van der Waals surface area contributed by atoms with Gasteiger partial charge in [0, 0.05) is 54.1 Å². The molecular formula is C19H20ClN3O3. The van der Waals surface area contributed by atoms with Crippen molar-refractivity contribution in [2.45, 2.75) is 26.0 Å². The average Bonchev–Trinajstić information content (AvgIpc) is 3.14. The Morgan fingerprint density at radius 3 is 2.96 bits per heavy atom. The van der Waals surface area contributed by atoms with E-state index in [1.54, 1.807) is 12.1 Å². The second-order valence-corrected chi connectivity index (χ2v) is 7.45. The number of aliphatic hydroxyl groups excluding tert-OH is 1. The first-order valence-electron chi connectivity index (χ1n) is 8.62. The molecule has 0 bridgehead atoms. The highest BCUT2D eigenvalue weighted by Gasteiger charge is 2.32. The zero-order valence-electron chi connectivity index (χ0n) is 14.4. The Hall–Kier alpha value is -2.15. The fourth-order valence-corrected chi connectivity index (χ4v) is 3.79. The Labute approximate surface area is 155 Å².